The van der Waals surface area contributed by atoms with Crippen LogP contribution >= 0.6 is 0 Å². The average Bonchev–Trinajstić information content (AvgIpc) is 2.73. The van der Waals surface area contributed by atoms with Crippen molar-refractivity contribution in [2.75, 3.05) is 20.3 Å². The van der Waals surface area contributed by atoms with Crippen LogP contribution in [0.4, 0.5) is 0 Å². The summed E-state index contributed by atoms with van der Waals surface area (Å²) in [5, 5.41) is 4.59. The molecule has 0 saturated heterocycles. The topological polar surface area (TPSA) is 49.9 Å². The lowest BCUT2D eigenvalue weighted by Gasteiger charge is -2.12. The highest BCUT2D eigenvalue weighted by molar-refractivity contribution is 5.79. The van der Waals surface area contributed by atoms with E-state index in [4.69, 9.17) is 4.74 Å². The molecule has 2 N–H and O–H groups in total. The third kappa shape index (κ3) is 2.23. The Morgan fingerprint density at radius 1 is 1.56 bits per heavy atom. The molecule has 2 aromatic rings. The quantitative estimate of drug-likeness (QED) is 0.755. The Morgan fingerprint density at radius 2 is 2.44 bits per heavy atom. The molecule has 4 nitrogen and oxygen atoms in total. The maximum Gasteiger partial charge on any atom is 0.137 e. The fourth-order valence-electron chi connectivity index (χ4n) is 1.82. The summed E-state index contributed by atoms with van der Waals surface area (Å²) in [4.78, 5) is 7.45. The molecule has 2 rings (SSSR count). The van der Waals surface area contributed by atoms with E-state index in [9.17, 15) is 0 Å². The van der Waals surface area contributed by atoms with Gasteiger partial charge in [-0.2, -0.15) is 0 Å². The number of nitrogens with one attached hydrogen (secondary N) is 2. The van der Waals surface area contributed by atoms with Gasteiger partial charge in [-0.3, -0.25) is 0 Å². The molecule has 0 aliphatic carbocycles. The lowest BCUT2D eigenvalue weighted by atomic mass is 10.1. The Kier molecular flexibility index (Phi) is 3.54. The lowest BCUT2D eigenvalue weighted by Crippen LogP contribution is -2.22. The number of hydrogen-bond acceptors (Lipinski definition) is 3. The van der Waals surface area contributed by atoms with Crippen LogP contribution in [0.25, 0.3) is 11.0 Å². The summed E-state index contributed by atoms with van der Waals surface area (Å²) >= 11 is 0. The van der Waals surface area contributed by atoms with Crippen molar-refractivity contribution < 1.29 is 4.74 Å². The second-order valence-corrected chi connectivity index (χ2v) is 3.81. The van der Waals surface area contributed by atoms with Gasteiger partial charge >= 0.3 is 0 Å². The molecule has 2 heterocycles. The number of aromatic nitrogens is 2. The van der Waals surface area contributed by atoms with E-state index in [-0.39, 0.29) is 0 Å². The Morgan fingerprint density at radius 3 is 3.25 bits per heavy atom. The highest BCUT2D eigenvalue weighted by Crippen LogP contribution is 2.21. The van der Waals surface area contributed by atoms with Gasteiger partial charge in [-0.15, -0.1) is 0 Å². The first-order valence-corrected chi connectivity index (χ1v) is 5.47. The Hall–Kier alpha value is -1.39. The van der Waals surface area contributed by atoms with Gasteiger partial charge in [0.15, 0.2) is 0 Å². The number of pyridine rings is 1. The third-order valence-electron chi connectivity index (χ3n) is 2.71. The fraction of sp³-hybridized carbons (Fsp3) is 0.417. The van der Waals surface area contributed by atoms with E-state index in [0.717, 1.165) is 18.8 Å². The van der Waals surface area contributed by atoms with Gasteiger partial charge in [0.2, 0.25) is 0 Å². The van der Waals surface area contributed by atoms with Gasteiger partial charge in [0.05, 0.1) is 6.61 Å². The summed E-state index contributed by atoms with van der Waals surface area (Å²) in [6, 6.07) is 4.35. The van der Waals surface area contributed by atoms with Crippen molar-refractivity contribution in [3.8, 4) is 0 Å². The van der Waals surface area contributed by atoms with Crippen LogP contribution in [0.5, 0.6) is 0 Å². The summed E-state index contributed by atoms with van der Waals surface area (Å²) in [6.45, 7) is 3.72. The number of nitrogens with zero attached hydrogens (tertiary/aromatic N) is 1. The highest BCUT2D eigenvalue weighted by atomic mass is 16.5. The predicted octanol–water partition coefficient (Wildman–Crippen LogP) is 1.86. The number of fused-ring (bicyclic) bond motifs is 1. The van der Waals surface area contributed by atoms with E-state index < -0.39 is 0 Å². The molecule has 0 bridgehead atoms. The zero-order valence-electron chi connectivity index (χ0n) is 9.66. The maximum absolute atomic E-state index is 5.01. The normalized spacial score (nSPS) is 13.1. The number of H-pyrrole nitrogens is 1. The van der Waals surface area contributed by atoms with Crippen LogP contribution in [-0.2, 0) is 4.74 Å². The monoisotopic (exact) mass is 219 g/mol. The van der Waals surface area contributed by atoms with E-state index in [1.165, 1.54) is 10.9 Å². The summed E-state index contributed by atoms with van der Waals surface area (Å²) < 4.78 is 5.01. The molecule has 0 fully saturated rings. The molecule has 0 amide bonds. The zero-order valence-corrected chi connectivity index (χ0v) is 9.66. The zero-order chi connectivity index (χ0) is 11.4. The molecular weight excluding hydrogens is 202 g/mol. The van der Waals surface area contributed by atoms with Crippen molar-refractivity contribution >= 4 is 11.0 Å². The van der Waals surface area contributed by atoms with Crippen LogP contribution in [0, 0.1) is 0 Å². The van der Waals surface area contributed by atoms with Crippen LogP contribution in [0.15, 0.2) is 24.5 Å². The number of hydrogen-bond donors (Lipinski definition) is 2. The van der Waals surface area contributed by atoms with Crippen LogP contribution < -0.4 is 5.32 Å². The third-order valence-corrected chi connectivity index (χ3v) is 2.71. The number of methoxy groups -OCH3 is 1. The van der Waals surface area contributed by atoms with Crippen LogP contribution in [-0.4, -0.2) is 30.2 Å². The van der Waals surface area contributed by atoms with Crippen molar-refractivity contribution in [1.82, 2.24) is 15.3 Å². The maximum atomic E-state index is 5.01. The predicted molar refractivity (Wildman–Crippen MR) is 64.4 cm³/mol. The summed E-state index contributed by atoms with van der Waals surface area (Å²) in [6.07, 6.45) is 3.81. The minimum Gasteiger partial charge on any atom is -0.383 e. The van der Waals surface area contributed by atoms with E-state index in [0.29, 0.717) is 6.04 Å². The fourth-order valence-corrected chi connectivity index (χ4v) is 1.82. The van der Waals surface area contributed by atoms with Crippen molar-refractivity contribution in [1.29, 1.82) is 0 Å². The average molecular weight is 219 g/mol. The molecule has 0 aliphatic heterocycles. The first-order valence-electron chi connectivity index (χ1n) is 5.47. The molecule has 0 aromatic carbocycles. The van der Waals surface area contributed by atoms with E-state index >= 15 is 0 Å². The Bertz CT molecular complexity index is 452. The van der Waals surface area contributed by atoms with E-state index in [2.05, 4.69) is 28.3 Å². The van der Waals surface area contributed by atoms with Crippen molar-refractivity contribution in [3.05, 3.63) is 30.1 Å². The SMILES string of the molecule is COCCNC(C)c1c[nH]c2ncccc12. The second-order valence-electron chi connectivity index (χ2n) is 3.81. The van der Waals surface area contributed by atoms with Crippen LogP contribution in [0.2, 0.25) is 0 Å². The smallest absolute Gasteiger partial charge is 0.137 e. The minimum absolute atomic E-state index is 0.299. The number of ether oxygens (including phenoxy) is 1. The molecule has 0 radical (unpaired) electrons. The molecule has 16 heavy (non-hydrogen) atoms. The molecule has 86 valence electrons. The summed E-state index contributed by atoms with van der Waals surface area (Å²) in [5.41, 5.74) is 2.19. The largest absolute Gasteiger partial charge is 0.383 e. The molecule has 2 aromatic heterocycles. The summed E-state index contributed by atoms with van der Waals surface area (Å²) in [5.74, 6) is 0. The Balaban J connectivity index is 2.13. The van der Waals surface area contributed by atoms with Gasteiger partial charge in [0, 0.05) is 37.5 Å². The highest BCUT2D eigenvalue weighted by Gasteiger charge is 2.10. The molecule has 4 heteroatoms. The molecule has 0 spiro atoms. The van der Waals surface area contributed by atoms with Gasteiger partial charge in [-0.05, 0) is 24.6 Å². The molecular formula is C12H17N3O. The van der Waals surface area contributed by atoms with Crippen molar-refractivity contribution in [2.24, 2.45) is 0 Å². The lowest BCUT2D eigenvalue weighted by molar-refractivity contribution is 0.196. The van der Waals surface area contributed by atoms with Gasteiger partial charge in [-0.25, -0.2) is 4.98 Å². The first-order chi connectivity index (χ1) is 7.83. The number of aromatic amines is 1. The second kappa shape index (κ2) is 5.09. The summed E-state index contributed by atoms with van der Waals surface area (Å²) in [7, 11) is 1.71. The van der Waals surface area contributed by atoms with Crippen LogP contribution in [0.1, 0.15) is 18.5 Å². The van der Waals surface area contributed by atoms with Gasteiger partial charge < -0.3 is 15.0 Å². The van der Waals surface area contributed by atoms with Crippen molar-refractivity contribution in [2.45, 2.75) is 13.0 Å². The van der Waals surface area contributed by atoms with Gasteiger partial charge in [-0.1, -0.05) is 0 Å². The van der Waals surface area contributed by atoms with Gasteiger partial charge in [0.25, 0.3) is 0 Å². The molecule has 1 atom stereocenters. The Labute approximate surface area is 95.0 Å². The van der Waals surface area contributed by atoms with E-state index in [1.54, 1.807) is 13.3 Å². The standard InChI is InChI=1S/C12H17N3O/c1-9(13-6-7-16-2)11-8-15-12-10(11)4-3-5-14-12/h3-5,8-9,13H,6-7H2,1-2H3,(H,14,15). The van der Waals surface area contributed by atoms with E-state index in [1.807, 2.05) is 12.3 Å². The minimum atomic E-state index is 0.299. The number of rotatable bonds is 5. The molecule has 0 saturated carbocycles. The molecule has 1 unspecified atom stereocenters. The van der Waals surface area contributed by atoms with Crippen molar-refractivity contribution in [3.63, 3.8) is 0 Å². The first kappa shape index (κ1) is 11.1. The molecule has 0 aliphatic rings. The van der Waals surface area contributed by atoms with Gasteiger partial charge in [0.1, 0.15) is 5.65 Å². The van der Waals surface area contributed by atoms with Crippen LogP contribution in [0.3, 0.4) is 0 Å².